The molecular weight excluding hydrogens is 451 g/mol. The zero-order chi connectivity index (χ0) is 22.3. The van der Waals surface area contributed by atoms with Crippen LogP contribution in [0.3, 0.4) is 0 Å². The molecule has 4 rings (SSSR count). The van der Waals surface area contributed by atoms with Crippen LogP contribution in [-0.2, 0) is 16.1 Å². The molecule has 0 atom stereocenters. The Morgan fingerprint density at radius 2 is 1.97 bits per heavy atom. The molecule has 1 N–H and O–H groups in total. The number of likely N-dealkylation sites (tertiary alicyclic amines) is 1. The van der Waals surface area contributed by atoms with E-state index in [0.717, 1.165) is 39.0 Å². The molecule has 32 heavy (non-hydrogen) atoms. The van der Waals surface area contributed by atoms with Crippen molar-refractivity contribution in [3.05, 3.63) is 34.1 Å². The summed E-state index contributed by atoms with van der Waals surface area (Å²) in [6, 6.07) is 5.19. The summed E-state index contributed by atoms with van der Waals surface area (Å²) in [7, 11) is 0. The molecule has 1 aromatic carbocycles. The predicted molar refractivity (Wildman–Crippen MR) is 124 cm³/mol. The summed E-state index contributed by atoms with van der Waals surface area (Å²) in [4.78, 5) is 19.2. The third-order valence-electron chi connectivity index (χ3n) is 6.23. The SMILES string of the molecule is O=C(NCCCOC1CCCC1)C1CCN(Cc2nc(-c3ccc(Cl)cc3Cl)no2)CC1. The Morgan fingerprint density at radius 1 is 1.19 bits per heavy atom. The van der Waals surface area contributed by atoms with Gasteiger partial charge in [-0.1, -0.05) is 41.2 Å². The number of carbonyl (C=O) groups is 1. The fourth-order valence-electron chi connectivity index (χ4n) is 4.38. The number of piperidine rings is 1. The van der Waals surface area contributed by atoms with Crippen molar-refractivity contribution in [1.82, 2.24) is 20.4 Å². The smallest absolute Gasteiger partial charge is 0.241 e. The molecule has 1 saturated heterocycles. The van der Waals surface area contributed by atoms with Crippen molar-refractivity contribution >= 4 is 29.1 Å². The monoisotopic (exact) mass is 480 g/mol. The zero-order valence-corrected chi connectivity index (χ0v) is 19.7. The molecule has 1 aliphatic carbocycles. The maximum atomic E-state index is 12.5. The van der Waals surface area contributed by atoms with E-state index in [9.17, 15) is 4.79 Å². The van der Waals surface area contributed by atoms with Crippen LogP contribution in [0, 0.1) is 5.92 Å². The average molecular weight is 481 g/mol. The van der Waals surface area contributed by atoms with Gasteiger partial charge >= 0.3 is 0 Å². The van der Waals surface area contributed by atoms with Crippen LogP contribution in [0.1, 0.15) is 50.8 Å². The second-order valence-electron chi connectivity index (χ2n) is 8.61. The standard InChI is InChI=1S/C23H30Cl2N4O3/c24-17-6-7-19(20(25)14-17)22-27-21(32-28-22)15-29-11-8-16(9-12-29)23(30)26-10-3-13-31-18-4-1-2-5-18/h6-7,14,16,18H,1-5,8-13,15H2,(H,26,30). The van der Waals surface area contributed by atoms with Crippen LogP contribution >= 0.6 is 23.2 Å². The molecule has 9 heteroatoms. The normalized spacial score (nSPS) is 18.3. The van der Waals surface area contributed by atoms with E-state index in [0.29, 0.717) is 46.5 Å². The van der Waals surface area contributed by atoms with E-state index in [1.54, 1.807) is 18.2 Å². The number of ether oxygens (including phenoxy) is 1. The summed E-state index contributed by atoms with van der Waals surface area (Å²) < 4.78 is 11.3. The number of hydrogen-bond donors (Lipinski definition) is 1. The number of amides is 1. The quantitative estimate of drug-likeness (QED) is 0.522. The van der Waals surface area contributed by atoms with E-state index in [-0.39, 0.29) is 11.8 Å². The zero-order valence-electron chi connectivity index (χ0n) is 18.2. The van der Waals surface area contributed by atoms with Gasteiger partial charge in [0.15, 0.2) is 0 Å². The minimum absolute atomic E-state index is 0.0631. The van der Waals surface area contributed by atoms with E-state index >= 15 is 0 Å². The summed E-state index contributed by atoms with van der Waals surface area (Å²) in [6.45, 7) is 3.62. The van der Waals surface area contributed by atoms with Crippen LogP contribution in [0.25, 0.3) is 11.4 Å². The number of nitrogens with one attached hydrogen (secondary N) is 1. The van der Waals surface area contributed by atoms with Crippen molar-refractivity contribution in [2.45, 2.75) is 57.6 Å². The maximum absolute atomic E-state index is 12.5. The van der Waals surface area contributed by atoms with E-state index in [1.807, 2.05) is 0 Å². The van der Waals surface area contributed by atoms with Gasteiger partial charge in [-0.15, -0.1) is 0 Å². The van der Waals surface area contributed by atoms with Crippen LogP contribution in [0.4, 0.5) is 0 Å². The lowest BCUT2D eigenvalue weighted by Gasteiger charge is -2.30. The number of halogens is 2. The van der Waals surface area contributed by atoms with Gasteiger partial charge in [0, 0.05) is 29.7 Å². The Labute approximate surface area is 198 Å². The molecule has 2 aliphatic rings. The predicted octanol–water partition coefficient (Wildman–Crippen LogP) is 4.72. The first-order valence-corrected chi connectivity index (χ1v) is 12.2. The number of aromatic nitrogens is 2. The van der Waals surface area contributed by atoms with Crippen LogP contribution in [0.2, 0.25) is 10.0 Å². The first-order chi connectivity index (χ1) is 15.6. The van der Waals surface area contributed by atoms with Crippen molar-refractivity contribution in [3.63, 3.8) is 0 Å². The van der Waals surface area contributed by atoms with Crippen molar-refractivity contribution < 1.29 is 14.1 Å². The van der Waals surface area contributed by atoms with Gasteiger partial charge in [-0.3, -0.25) is 9.69 Å². The molecule has 1 saturated carbocycles. The highest BCUT2D eigenvalue weighted by Gasteiger charge is 2.26. The van der Waals surface area contributed by atoms with Crippen molar-refractivity contribution in [2.24, 2.45) is 5.92 Å². The minimum Gasteiger partial charge on any atom is -0.378 e. The molecule has 0 bridgehead atoms. The number of hydrogen-bond acceptors (Lipinski definition) is 6. The molecule has 0 radical (unpaired) electrons. The van der Waals surface area contributed by atoms with Gasteiger partial charge in [0.1, 0.15) is 0 Å². The van der Waals surface area contributed by atoms with Gasteiger partial charge in [-0.05, 0) is 63.4 Å². The van der Waals surface area contributed by atoms with Crippen LogP contribution in [-0.4, -0.2) is 53.3 Å². The Kier molecular flexibility index (Phi) is 8.41. The Morgan fingerprint density at radius 3 is 2.72 bits per heavy atom. The van der Waals surface area contributed by atoms with E-state index in [4.69, 9.17) is 32.5 Å². The second kappa shape index (κ2) is 11.5. The van der Waals surface area contributed by atoms with Crippen LogP contribution < -0.4 is 5.32 Å². The van der Waals surface area contributed by atoms with Gasteiger partial charge in [0.2, 0.25) is 17.6 Å². The lowest BCUT2D eigenvalue weighted by Crippen LogP contribution is -2.40. The van der Waals surface area contributed by atoms with Gasteiger partial charge < -0.3 is 14.6 Å². The van der Waals surface area contributed by atoms with Gasteiger partial charge in [-0.2, -0.15) is 4.98 Å². The van der Waals surface area contributed by atoms with Gasteiger partial charge in [0.05, 0.1) is 17.7 Å². The second-order valence-corrected chi connectivity index (χ2v) is 9.45. The van der Waals surface area contributed by atoms with Crippen molar-refractivity contribution in [3.8, 4) is 11.4 Å². The van der Waals surface area contributed by atoms with Crippen molar-refractivity contribution in [1.29, 1.82) is 0 Å². The number of rotatable bonds is 9. The molecular formula is C23H30Cl2N4O3. The molecule has 2 heterocycles. The highest BCUT2D eigenvalue weighted by Crippen LogP contribution is 2.29. The number of carbonyl (C=O) groups excluding carboxylic acids is 1. The topological polar surface area (TPSA) is 80.5 Å². The largest absolute Gasteiger partial charge is 0.378 e. The molecule has 2 aromatic rings. The third-order valence-corrected chi connectivity index (χ3v) is 6.78. The summed E-state index contributed by atoms with van der Waals surface area (Å²) >= 11 is 12.2. The molecule has 1 aromatic heterocycles. The van der Waals surface area contributed by atoms with E-state index in [2.05, 4.69) is 20.4 Å². The van der Waals surface area contributed by atoms with E-state index in [1.165, 1.54) is 25.7 Å². The lowest BCUT2D eigenvalue weighted by molar-refractivity contribution is -0.126. The molecule has 1 amide bonds. The molecule has 2 fully saturated rings. The first-order valence-electron chi connectivity index (χ1n) is 11.5. The van der Waals surface area contributed by atoms with Crippen LogP contribution in [0.15, 0.2) is 22.7 Å². The summed E-state index contributed by atoms with van der Waals surface area (Å²) in [5.74, 6) is 1.21. The van der Waals surface area contributed by atoms with Gasteiger partial charge in [-0.25, -0.2) is 0 Å². The van der Waals surface area contributed by atoms with Gasteiger partial charge in [0.25, 0.3) is 0 Å². The Balaban J connectivity index is 1.15. The number of benzene rings is 1. The highest BCUT2D eigenvalue weighted by molar-refractivity contribution is 6.36. The molecule has 7 nitrogen and oxygen atoms in total. The van der Waals surface area contributed by atoms with Crippen LogP contribution in [0.5, 0.6) is 0 Å². The third kappa shape index (κ3) is 6.44. The summed E-state index contributed by atoms with van der Waals surface area (Å²) in [6.07, 6.45) is 7.90. The Hall–Kier alpha value is -1.67. The summed E-state index contributed by atoms with van der Waals surface area (Å²) in [5.41, 5.74) is 0.690. The minimum atomic E-state index is 0.0631. The summed E-state index contributed by atoms with van der Waals surface area (Å²) in [5, 5.41) is 8.17. The average Bonchev–Trinajstić information content (AvgIpc) is 3.46. The fourth-order valence-corrected chi connectivity index (χ4v) is 4.87. The van der Waals surface area contributed by atoms with E-state index < -0.39 is 0 Å². The highest BCUT2D eigenvalue weighted by atomic mass is 35.5. The fraction of sp³-hybridized carbons (Fsp3) is 0.609. The number of nitrogens with zero attached hydrogens (tertiary/aromatic N) is 3. The maximum Gasteiger partial charge on any atom is 0.241 e. The van der Waals surface area contributed by atoms with Crippen molar-refractivity contribution in [2.75, 3.05) is 26.2 Å². The molecule has 0 unspecified atom stereocenters. The Bertz CT molecular complexity index is 893. The molecule has 1 aliphatic heterocycles. The lowest BCUT2D eigenvalue weighted by atomic mass is 9.96. The molecule has 174 valence electrons. The molecule has 0 spiro atoms. The first kappa shape index (κ1) is 23.5.